The molecule has 0 heterocycles. The molecule has 0 radical (unpaired) electrons. The number of aliphatic hydroxyl groups excluding tert-OH is 1. The summed E-state index contributed by atoms with van der Waals surface area (Å²) in [5, 5.41) is 12.9. The molecule has 0 saturated carbocycles. The van der Waals surface area contributed by atoms with Crippen LogP contribution in [-0.4, -0.2) is 17.8 Å². The maximum absolute atomic E-state index is 13.1. The normalized spacial score (nSPS) is 16.3. The number of benzene rings is 1. The summed E-state index contributed by atoms with van der Waals surface area (Å²) < 4.78 is 25.9. The van der Waals surface area contributed by atoms with Crippen molar-refractivity contribution in [2.75, 3.05) is 6.54 Å². The second-order valence-corrected chi connectivity index (χ2v) is 4.76. The Bertz CT molecular complexity index is 384. The maximum atomic E-state index is 13.1. The van der Waals surface area contributed by atoms with E-state index in [-0.39, 0.29) is 12.0 Å². The van der Waals surface area contributed by atoms with Crippen molar-refractivity contribution in [2.24, 2.45) is 5.92 Å². The zero-order valence-corrected chi connectivity index (χ0v) is 11.1. The average Bonchev–Trinajstić information content (AvgIpc) is 2.37. The third-order valence-corrected chi connectivity index (χ3v) is 3.38. The fourth-order valence-corrected chi connectivity index (χ4v) is 1.67. The van der Waals surface area contributed by atoms with Gasteiger partial charge in [-0.3, -0.25) is 0 Å². The van der Waals surface area contributed by atoms with Gasteiger partial charge in [0, 0.05) is 12.6 Å². The van der Waals surface area contributed by atoms with Crippen LogP contribution in [0, 0.1) is 17.6 Å². The molecule has 4 heteroatoms. The van der Waals surface area contributed by atoms with Crippen LogP contribution in [0.4, 0.5) is 8.78 Å². The van der Waals surface area contributed by atoms with E-state index in [0.717, 1.165) is 12.5 Å². The Morgan fingerprint density at radius 3 is 2.44 bits per heavy atom. The summed E-state index contributed by atoms with van der Waals surface area (Å²) in [6.45, 7) is 6.30. The van der Waals surface area contributed by atoms with E-state index in [1.165, 1.54) is 6.07 Å². The van der Waals surface area contributed by atoms with Crippen molar-refractivity contribution in [3.05, 3.63) is 35.4 Å². The lowest BCUT2D eigenvalue weighted by molar-refractivity contribution is 0.110. The zero-order chi connectivity index (χ0) is 13.7. The zero-order valence-electron chi connectivity index (χ0n) is 11.1. The van der Waals surface area contributed by atoms with Crippen LogP contribution in [0.25, 0.3) is 0 Å². The first-order chi connectivity index (χ1) is 8.45. The molecule has 2 N–H and O–H groups in total. The second kappa shape index (κ2) is 6.81. The van der Waals surface area contributed by atoms with Crippen molar-refractivity contribution in [2.45, 2.75) is 39.3 Å². The van der Waals surface area contributed by atoms with Gasteiger partial charge in [0.1, 0.15) is 0 Å². The van der Waals surface area contributed by atoms with Crippen LogP contribution >= 0.6 is 0 Å². The fraction of sp³-hybridized carbons (Fsp3) is 0.571. The van der Waals surface area contributed by atoms with Crippen molar-refractivity contribution in [1.29, 1.82) is 0 Å². The van der Waals surface area contributed by atoms with Gasteiger partial charge < -0.3 is 10.4 Å². The Kier molecular flexibility index (Phi) is 5.69. The number of rotatable bonds is 6. The van der Waals surface area contributed by atoms with E-state index in [0.29, 0.717) is 12.1 Å². The molecule has 0 aliphatic heterocycles. The van der Waals surface area contributed by atoms with E-state index >= 15 is 0 Å². The smallest absolute Gasteiger partial charge is 0.159 e. The molecule has 3 unspecified atom stereocenters. The highest BCUT2D eigenvalue weighted by Gasteiger charge is 2.14. The first-order valence-electron chi connectivity index (χ1n) is 6.32. The van der Waals surface area contributed by atoms with Crippen LogP contribution in [0.2, 0.25) is 0 Å². The molecule has 1 rings (SSSR count). The monoisotopic (exact) mass is 257 g/mol. The SMILES string of the molecule is CCC(C)C(O)CNC(C)c1ccc(F)c(F)c1. The van der Waals surface area contributed by atoms with Gasteiger partial charge in [-0.05, 0) is 30.5 Å². The molecule has 1 aromatic rings. The largest absolute Gasteiger partial charge is 0.392 e. The van der Waals surface area contributed by atoms with Gasteiger partial charge in [0.25, 0.3) is 0 Å². The molecule has 0 aliphatic rings. The molecule has 2 nitrogen and oxygen atoms in total. The molecule has 0 bridgehead atoms. The first kappa shape index (κ1) is 15.1. The van der Waals surface area contributed by atoms with Crippen molar-refractivity contribution < 1.29 is 13.9 Å². The minimum Gasteiger partial charge on any atom is -0.392 e. The quantitative estimate of drug-likeness (QED) is 0.821. The molecule has 102 valence electrons. The van der Waals surface area contributed by atoms with Crippen LogP contribution in [-0.2, 0) is 0 Å². The highest BCUT2D eigenvalue weighted by atomic mass is 19.2. The average molecular weight is 257 g/mol. The van der Waals surface area contributed by atoms with Crippen molar-refractivity contribution in [3.63, 3.8) is 0 Å². The minimum absolute atomic E-state index is 0.126. The lowest BCUT2D eigenvalue weighted by atomic mass is 10.0. The summed E-state index contributed by atoms with van der Waals surface area (Å²) in [6, 6.07) is 3.72. The Labute approximate surface area is 107 Å². The van der Waals surface area contributed by atoms with Gasteiger partial charge in [0.2, 0.25) is 0 Å². The molecule has 0 fully saturated rings. The van der Waals surface area contributed by atoms with Crippen molar-refractivity contribution >= 4 is 0 Å². The van der Waals surface area contributed by atoms with Crippen LogP contribution in [0.3, 0.4) is 0 Å². The summed E-state index contributed by atoms with van der Waals surface area (Å²) in [6.07, 6.45) is 0.477. The first-order valence-corrected chi connectivity index (χ1v) is 6.32. The Morgan fingerprint density at radius 1 is 1.22 bits per heavy atom. The van der Waals surface area contributed by atoms with Gasteiger partial charge >= 0.3 is 0 Å². The van der Waals surface area contributed by atoms with Gasteiger partial charge in [-0.15, -0.1) is 0 Å². The van der Waals surface area contributed by atoms with Gasteiger partial charge in [-0.2, -0.15) is 0 Å². The third-order valence-electron chi connectivity index (χ3n) is 3.38. The van der Waals surface area contributed by atoms with Gasteiger partial charge in [-0.1, -0.05) is 26.3 Å². The van der Waals surface area contributed by atoms with Gasteiger partial charge in [0.15, 0.2) is 11.6 Å². The Morgan fingerprint density at radius 2 is 1.89 bits per heavy atom. The topological polar surface area (TPSA) is 32.3 Å². The van der Waals surface area contributed by atoms with E-state index in [1.54, 1.807) is 6.07 Å². The van der Waals surface area contributed by atoms with E-state index in [9.17, 15) is 13.9 Å². The molecule has 0 aliphatic carbocycles. The van der Waals surface area contributed by atoms with Crippen LogP contribution in [0.5, 0.6) is 0 Å². The van der Waals surface area contributed by atoms with Crippen molar-refractivity contribution in [3.8, 4) is 0 Å². The molecule has 0 aromatic heterocycles. The van der Waals surface area contributed by atoms with E-state index < -0.39 is 17.7 Å². The summed E-state index contributed by atoms with van der Waals surface area (Å²) in [5.74, 6) is -1.47. The predicted octanol–water partition coefficient (Wildman–Crippen LogP) is 3.02. The standard InChI is InChI=1S/C14H21F2NO/c1-4-9(2)14(18)8-17-10(3)11-5-6-12(15)13(16)7-11/h5-7,9-10,14,17-18H,4,8H2,1-3H3. The molecular weight excluding hydrogens is 236 g/mol. The van der Waals surface area contributed by atoms with Crippen LogP contribution in [0.1, 0.15) is 38.8 Å². The summed E-state index contributed by atoms with van der Waals surface area (Å²) in [4.78, 5) is 0. The van der Waals surface area contributed by atoms with Crippen LogP contribution < -0.4 is 5.32 Å². The van der Waals surface area contributed by atoms with E-state index in [2.05, 4.69) is 5.32 Å². The summed E-state index contributed by atoms with van der Waals surface area (Å²) >= 11 is 0. The molecular formula is C14H21F2NO. The number of aliphatic hydroxyl groups is 1. The molecule has 1 aromatic carbocycles. The number of hydrogen-bond donors (Lipinski definition) is 2. The number of nitrogens with one attached hydrogen (secondary N) is 1. The molecule has 0 spiro atoms. The van der Waals surface area contributed by atoms with E-state index in [4.69, 9.17) is 0 Å². The minimum atomic E-state index is -0.844. The van der Waals surface area contributed by atoms with Gasteiger partial charge in [-0.25, -0.2) is 8.78 Å². The number of hydrogen-bond acceptors (Lipinski definition) is 2. The fourth-order valence-electron chi connectivity index (χ4n) is 1.67. The highest BCUT2D eigenvalue weighted by Crippen LogP contribution is 2.16. The molecule has 0 saturated heterocycles. The molecule has 3 atom stereocenters. The Hall–Kier alpha value is -1.00. The molecule has 18 heavy (non-hydrogen) atoms. The van der Waals surface area contributed by atoms with Crippen molar-refractivity contribution in [1.82, 2.24) is 5.32 Å². The third kappa shape index (κ3) is 4.03. The predicted molar refractivity (Wildman–Crippen MR) is 68.2 cm³/mol. The van der Waals surface area contributed by atoms with E-state index in [1.807, 2.05) is 20.8 Å². The summed E-state index contributed by atoms with van der Waals surface area (Å²) in [7, 11) is 0. The van der Waals surface area contributed by atoms with Gasteiger partial charge in [0.05, 0.1) is 6.10 Å². The maximum Gasteiger partial charge on any atom is 0.159 e. The number of halogens is 2. The second-order valence-electron chi connectivity index (χ2n) is 4.76. The lowest BCUT2D eigenvalue weighted by Crippen LogP contribution is -2.33. The van der Waals surface area contributed by atoms with Crippen LogP contribution in [0.15, 0.2) is 18.2 Å². The lowest BCUT2D eigenvalue weighted by Gasteiger charge is -2.21. The molecule has 0 amide bonds. The highest BCUT2D eigenvalue weighted by molar-refractivity contribution is 5.20. The summed E-state index contributed by atoms with van der Waals surface area (Å²) in [5.41, 5.74) is 0.672. The Balaban J connectivity index is 2.54.